The van der Waals surface area contributed by atoms with Gasteiger partial charge in [-0.1, -0.05) is 46.9 Å². The van der Waals surface area contributed by atoms with E-state index >= 15 is 0 Å². The van der Waals surface area contributed by atoms with E-state index in [0.29, 0.717) is 10.7 Å². The molecule has 0 bridgehead atoms. The van der Waals surface area contributed by atoms with E-state index in [4.69, 9.17) is 39.5 Å². The Bertz CT molecular complexity index is 749. The number of rotatable bonds is 4. The second-order valence-corrected chi connectivity index (χ2v) is 5.87. The number of nitrogens with one attached hydrogen (secondary N) is 1. The van der Waals surface area contributed by atoms with Gasteiger partial charge in [0.2, 0.25) is 0 Å². The minimum atomic E-state index is -1.02. The fourth-order valence-corrected chi connectivity index (χ4v) is 2.32. The zero-order valence-electron chi connectivity index (χ0n) is 12.0. The lowest BCUT2D eigenvalue weighted by Gasteiger charge is -2.14. The topological polar surface area (TPSA) is 55.4 Å². The van der Waals surface area contributed by atoms with E-state index in [1.807, 2.05) is 0 Å². The van der Waals surface area contributed by atoms with Crippen LogP contribution in [0.3, 0.4) is 0 Å². The minimum Gasteiger partial charge on any atom is -0.449 e. The number of amides is 1. The van der Waals surface area contributed by atoms with Crippen molar-refractivity contribution in [1.82, 2.24) is 0 Å². The molecule has 4 nitrogen and oxygen atoms in total. The summed E-state index contributed by atoms with van der Waals surface area (Å²) in [7, 11) is 0. The van der Waals surface area contributed by atoms with Crippen molar-refractivity contribution in [2.24, 2.45) is 0 Å². The van der Waals surface area contributed by atoms with Crippen LogP contribution in [-0.2, 0) is 9.53 Å². The highest BCUT2D eigenvalue weighted by atomic mass is 35.5. The van der Waals surface area contributed by atoms with Gasteiger partial charge < -0.3 is 10.1 Å². The molecule has 23 heavy (non-hydrogen) atoms. The highest BCUT2D eigenvalue weighted by Crippen LogP contribution is 2.26. The maximum atomic E-state index is 12.1. The summed E-state index contributed by atoms with van der Waals surface area (Å²) >= 11 is 17.6. The minimum absolute atomic E-state index is 0.0848. The molecule has 0 fully saturated rings. The Hall–Kier alpha value is -1.75. The van der Waals surface area contributed by atoms with Crippen LogP contribution in [0.15, 0.2) is 42.5 Å². The molecule has 0 saturated heterocycles. The second-order valence-electron chi connectivity index (χ2n) is 4.65. The lowest BCUT2D eigenvalue weighted by molar-refractivity contribution is -0.123. The molecule has 1 atom stereocenters. The maximum Gasteiger partial charge on any atom is 0.340 e. The van der Waals surface area contributed by atoms with E-state index in [9.17, 15) is 9.59 Å². The summed E-state index contributed by atoms with van der Waals surface area (Å²) in [5.41, 5.74) is 0.604. The smallest absolute Gasteiger partial charge is 0.340 e. The fraction of sp³-hybridized carbons (Fsp3) is 0.125. The molecule has 0 aromatic heterocycles. The van der Waals surface area contributed by atoms with Gasteiger partial charge in [-0.05, 0) is 37.3 Å². The normalized spacial score (nSPS) is 11.7. The number of anilines is 1. The Balaban J connectivity index is 2.03. The third-order valence-corrected chi connectivity index (χ3v) is 3.97. The number of hydrogen-bond donors (Lipinski definition) is 1. The van der Waals surface area contributed by atoms with Crippen LogP contribution in [0.5, 0.6) is 0 Å². The largest absolute Gasteiger partial charge is 0.449 e. The summed E-state index contributed by atoms with van der Waals surface area (Å²) in [6.07, 6.45) is -1.02. The van der Waals surface area contributed by atoms with Crippen molar-refractivity contribution in [3.63, 3.8) is 0 Å². The molecule has 0 heterocycles. The van der Waals surface area contributed by atoms with Crippen molar-refractivity contribution >= 4 is 52.4 Å². The summed E-state index contributed by atoms with van der Waals surface area (Å²) in [5.74, 6) is -1.22. The summed E-state index contributed by atoms with van der Waals surface area (Å²) < 4.78 is 5.11. The molecule has 7 heteroatoms. The first-order valence-electron chi connectivity index (χ1n) is 6.60. The molecule has 2 aromatic carbocycles. The van der Waals surface area contributed by atoms with Gasteiger partial charge >= 0.3 is 5.97 Å². The van der Waals surface area contributed by atoms with Crippen molar-refractivity contribution in [3.05, 3.63) is 63.1 Å². The molecule has 0 radical (unpaired) electrons. The lowest BCUT2D eigenvalue weighted by Crippen LogP contribution is -2.30. The van der Waals surface area contributed by atoms with Gasteiger partial charge in [0.1, 0.15) is 0 Å². The molecular weight excluding hydrogens is 361 g/mol. The van der Waals surface area contributed by atoms with Crippen molar-refractivity contribution in [1.29, 1.82) is 0 Å². The summed E-state index contributed by atoms with van der Waals surface area (Å²) in [6, 6.07) is 11.2. The maximum absolute atomic E-state index is 12.1. The number of benzene rings is 2. The van der Waals surface area contributed by atoms with Crippen LogP contribution in [0.1, 0.15) is 17.3 Å². The van der Waals surface area contributed by atoms with Gasteiger partial charge in [0.15, 0.2) is 6.10 Å². The van der Waals surface area contributed by atoms with Crippen LogP contribution < -0.4 is 5.32 Å². The van der Waals surface area contributed by atoms with Gasteiger partial charge in [0.25, 0.3) is 5.91 Å². The lowest BCUT2D eigenvalue weighted by atomic mass is 10.2. The summed E-state index contributed by atoms with van der Waals surface area (Å²) in [4.78, 5) is 24.1. The fourth-order valence-electron chi connectivity index (χ4n) is 1.75. The monoisotopic (exact) mass is 371 g/mol. The molecule has 0 unspecified atom stereocenters. The standard InChI is InChI=1S/C16H12Cl3NO3/c1-9(15(21)20-11-5-2-4-10(17)8-11)23-16(22)12-6-3-7-13(18)14(12)19/h2-9H,1H3,(H,20,21)/t9-/m0/s1. The zero-order valence-corrected chi connectivity index (χ0v) is 14.2. The van der Waals surface area contributed by atoms with Crippen LogP contribution in [-0.4, -0.2) is 18.0 Å². The van der Waals surface area contributed by atoms with Crippen LogP contribution in [0.4, 0.5) is 5.69 Å². The Morgan fingerprint density at radius 2 is 1.78 bits per heavy atom. The number of halogens is 3. The van der Waals surface area contributed by atoms with E-state index in [-0.39, 0.29) is 15.6 Å². The first-order chi connectivity index (χ1) is 10.9. The molecule has 1 N–H and O–H groups in total. The van der Waals surface area contributed by atoms with Gasteiger partial charge in [-0.3, -0.25) is 4.79 Å². The molecule has 0 saturated carbocycles. The highest BCUT2D eigenvalue weighted by Gasteiger charge is 2.21. The van der Waals surface area contributed by atoms with Crippen LogP contribution in [0, 0.1) is 0 Å². The van der Waals surface area contributed by atoms with Crippen LogP contribution in [0.25, 0.3) is 0 Å². The zero-order chi connectivity index (χ0) is 17.0. The molecular formula is C16H12Cl3NO3. The van der Waals surface area contributed by atoms with E-state index < -0.39 is 18.0 Å². The van der Waals surface area contributed by atoms with Gasteiger partial charge in [-0.15, -0.1) is 0 Å². The van der Waals surface area contributed by atoms with E-state index in [1.54, 1.807) is 36.4 Å². The summed E-state index contributed by atoms with van der Waals surface area (Å²) in [6.45, 7) is 1.45. The predicted octanol–water partition coefficient (Wildman–Crippen LogP) is 4.83. The highest BCUT2D eigenvalue weighted by molar-refractivity contribution is 6.43. The quantitative estimate of drug-likeness (QED) is 0.782. The first kappa shape index (κ1) is 17.6. The van der Waals surface area contributed by atoms with Crippen LogP contribution in [0.2, 0.25) is 15.1 Å². The molecule has 2 rings (SSSR count). The molecule has 0 spiro atoms. The third-order valence-electron chi connectivity index (χ3n) is 2.92. The number of ether oxygens (including phenoxy) is 1. The SMILES string of the molecule is C[C@H](OC(=O)c1cccc(Cl)c1Cl)C(=O)Nc1cccc(Cl)c1. The number of hydrogen-bond acceptors (Lipinski definition) is 3. The molecule has 120 valence electrons. The Kier molecular flexibility index (Phi) is 5.88. The van der Waals surface area contributed by atoms with Crippen molar-refractivity contribution in [2.45, 2.75) is 13.0 Å². The van der Waals surface area contributed by atoms with Crippen LogP contribution >= 0.6 is 34.8 Å². The van der Waals surface area contributed by atoms with Gasteiger partial charge in [0.05, 0.1) is 15.6 Å². The molecule has 0 aliphatic carbocycles. The average Bonchev–Trinajstić information content (AvgIpc) is 2.49. The molecule has 0 aliphatic rings. The van der Waals surface area contributed by atoms with Gasteiger partial charge in [-0.25, -0.2) is 4.79 Å². The Morgan fingerprint density at radius 1 is 1.09 bits per heavy atom. The Morgan fingerprint density at radius 3 is 2.48 bits per heavy atom. The molecule has 1 amide bonds. The molecule has 2 aromatic rings. The summed E-state index contributed by atoms with van der Waals surface area (Å²) in [5, 5.41) is 3.41. The number of carbonyl (C=O) groups excluding carboxylic acids is 2. The second kappa shape index (κ2) is 7.68. The van der Waals surface area contributed by atoms with Crippen molar-refractivity contribution < 1.29 is 14.3 Å². The van der Waals surface area contributed by atoms with E-state index in [1.165, 1.54) is 13.0 Å². The molecule has 0 aliphatic heterocycles. The first-order valence-corrected chi connectivity index (χ1v) is 7.73. The van der Waals surface area contributed by atoms with Gasteiger partial charge in [0, 0.05) is 10.7 Å². The predicted molar refractivity (Wildman–Crippen MR) is 91.4 cm³/mol. The number of carbonyl (C=O) groups is 2. The van der Waals surface area contributed by atoms with Crippen molar-refractivity contribution in [2.75, 3.05) is 5.32 Å². The van der Waals surface area contributed by atoms with E-state index in [2.05, 4.69) is 5.32 Å². The average molecular weight is 373 g/mol. The van der Waals surface area contributed by atoms with Crippen molar-refractivity contribution in [3.8, 4) is 0 Å². The number of esters is 1. The Labute approximate surface area is 148 Å². The van der Waals surface area contributed by atoms with Gasteiger partial charge in [-0.2, -0.15) is 0 Å². The third kappa shape index (κ3) is 4.61. The van der Waals surface area contributed by atoms with E-state index in [0.717, 1.165) is 0 Å².